The molecule has 0 saturated heterocycles. The molecule has 0 heterocycles. The van der Waals surface area contributed by atoms with Gasteiger partial charge in [-0.2, -0.15) is 0 Å². The first-order valence-electron chi connectivity index (χ1n) is 2.81. The van der Waals surface area contributed by atoms with Gasteiger partial charge < -0.3 is 0 Å². The van der Waals surface area contributed by atoms with Gasteiger partial charge in [-0.25, -0.2) is 8.15 Å². The Hall–Kier alpha value is 0.150. The van der Waals surface area contributed by atoms with Crippen LogP contribution in [0.3, 0.4) is 0 Å². The molecule has 0 saturated carbocycles. The summed E-state index contributed by atoms with van der Waals surface area (Å²) in [4.78, 5) is 0. The highest BCUT2D eigenvalue weighted by Gasteiger charge is 2.11. The lowest BCUT2D eigenvalue weighted by Crippen LogP contribution is -1.98. The lowest BCUT2D eigenvalue weighted by Gasteiger charge is -2.05. The van der Waals surface area contributed by atoms with Crippen molar-refractivity contribution in [2.75, 3.05) is 0 Å². The van der Waals surface area contributed by atoms with Gasteiger partial charge in [0.05, 0.1) is 23.7 Å². The van der Waals surface area contributed by atoms with Crippen LogP contribution < -0.4 is 5.30 Å². The molecular weight excluding hydrogens is 206 g/mol. The van der Waals surface area contributed by atoms with Gasteiger partial charge in [0.25, 0.3) is 0 Å². The first kappa shape index (κ1) is 9.24. The van der Waals surface area contributed by atoms with Crippen LogP contribution in [-0.4, -0.2) is 0 Å². The molecule has 60 valence electrons. The maximum Gasteiger partial charge on any atom is 0.244 e. The molecular formula is C6H5Cl2O2P. The molecule has 0 fully saturated rings. The van der Waals surface area contributed by atoms with Crippen molar-refractivity contribution in [1.29, 1.82) is 0 Å². The SMILES string of the molecule is ClOP(OCl)c1ccccc1. The number of rotatable bonds is 3. The van der Waals surface area contributed by atoms with Crippen LogP contribution in [0.25, 0.3) is 0 Å². The third-order valence-electron chi connectivity index (χ3n) is 1.09. The van der Waals surface area contributed by atoms with Gasteiger partial charge in [0.2, 0.25) is 8.38 Å². The Morgan fingerprint density at radius 3 is 2.00 bits per heavy atom. The van der Waals surface area contributed by atoms with Crippen LogP contribution in [0.5, 0.6) is 0 Å². The van der Waals surface area contributed by atoms with E-state index in [9.17, 15) is 0 Å². The van der Waals surface area contributed by atoms with E-state index in [0.29, 0.717) is 0 Å². The van der Waals surface area contributed by atoms with E-state index >= 15 is 0 Å². The van der Waals surface area contributed by atoms with Crippen molar-refractivity contribution >= 4 is 37.4 Å². The molecule has 0 amide bonds. The molecule has 0 N–H and O–H groups in total. The normalized spacial score (nSPS) is 10.5. The smallest absolute Gasteiger partial charge is 0.220 e. The summed E-state index contributed by atoms with van der Waals surface area (Å²) >= 11 is 10.2. The molecule has 0 radical (unpaired) electrons. The van der Waals surface area contributed by atoms with Gasteiger partial charge in [0, 0.05) is 5.30 Å². The molecule has 0 aromatic heterocycles. The topological polar surface area (TPSA) is 18.5 Å². The second kappa shape index (κ2) is 4.91. The van der Waals surface area contributed by atoms with Crippen LogP contribution in [0.15, 0.2) is 30.3 Å². The molecule has 11 heavy (non-hydrogen) atoms. The second-order valence-electron chi connectivity index (χ2n) is 1.73. The Kier molecular flexibility index (Phi) is 4.13. The van der Waals surface area contributed by atoms with Crippen LogP contribution in [0.2, 0.25) is 0 Å². The second-order valence-corrected chi connectivity index (χ2v) is 3.87. The fourth-order valence-electron chi connectivity index (χ4n) is 0.640. The monoisotopic (exact) mass is 210 g/mol. The maximum atomic E-state index is 5.12. The summed E-state index contributed by atoms with van der Waals surface area (Å²) in [6.45, 7) is 0. The zero-order chi connectivity index (χ0) is 8.10. The van der Waals surface area contributed by atoms with Crippen molar-refractivity contribution in [1.82, 2.24) is 0 Å². The molecule has 0 bridgehead atoms. The lowest BCUT2D eigenvalue weighted by molar-refractivity contribution is 0.564. The molecule has 0 unspecified atom stereocenters. The predicted molar refractivity (Wildman–Crippen MR) is 46.9 cm³/mol. The summed E-state index contributed by atoms with van der Waals surface area (Å²) in [5.74, 6) is 0. The van der Waals surface area contributed by atoms with E-state index in [0.717, 1.165) is 5.30 Å². The van der Waals surface area contributed by atoms with Crippen molar-refractivity contribution in [3.05, 3.63) is 30.3 Å². The first-order chi connectivity index (χ1) is 5.38. The quantitative estimate of drug-likeness (QED) is 0.715. The molecule has 0 spiro atoms. The molecule has 1 aromatic rings. The van der Waals surface area contributed by atoms with Crippen molar-refractivity contribution in [2.45, 2.75) is 0 Å². The Balaban J connectivity index is 2.74. The maximum absolute atomic E-state index is 5.12. The number of hydrogen-bond acceptors (Lipinski definition) is 2. The zero-order valence-electron chi connectivity index (χ0n) is 5.41. The predicted octanol–water partition coefficient (Wildman–Crippen LogP) is 2.96. The van der Waals surface area contributed by atoms with Crippen LogP contribution in [-0.2, 0) is 8.15 Å². The molecule has 0 atom stereocenters. The molecule has 5 heteroatoms. The van der Waals surface area contributed by atoms with Crippen LogP contribution in [0.4, 0.5) is 0 Å². The van der Waals surface area contributed by atoms with E-state index in [4.69, 9.17) is 23.7 Å². The zero-order valence-corrected chi connectivity index (χ0v) is 7.81. The van der Waals surface area contributed by atoms with E-state index < -0.39 is 8.38 Å². The average Bonchev–Trinajstić information content (AvgIpc) is 2.09. The highest BCUT2D eigenvalue weighted by atomic mass is 35.5. The van der Waals surface area contributed by atoms with Crippen molar-refractivity contribution in [3.63, 3.8) is 0 Å². The Morgan fingerprint density at radius 1 is 1.00 bits per heavy atom. The number of benzene rings is 1. The Bertz CT molecular complexity index is 203. The van der Waals surface area contributed by atoms with Crippen LogP contribution in [0.1, 0.15) is 0 Å². The van der Waals surface area contributed by atoms with Crippen LogP contribution in [0, 0.1) is 0 Å². The summed E-state index contributed by atoms with van der Waals surface area (Å²) in [6, 6.07) is 9.26. The van der Waals surface area contributed by atoms with E-state index in [1.54, 1.807) is 0 Å². The first-order valence-corrected chi connectivity index (χ1v) is 4.60. The lowest BCUT2D eigenvalue weighted by atomic mass is 10.4. The average molecular weight is 211 g/mol. The summed E-state index contributed by atoms with van der Waals surface area (Å²) in [7, 11) is -1.32. The standard InChI is InChI=1S/C6H5Cl2O2P/c7-9-11(10-8)6-4-2-1-3-5-6/h1-5H. The number of hydrogen-bond donors (Lipinski definition) is 0. The Morgan fingerprint density at radius 2 is 1.55 bits per heavy atom. The largest absolute Gasteiger partial charge is 0.244 e. The van der Waals surface area contributed by atoms with Gasteiger partial charge in [-0.3, -0.25) is 0 Å². The summed E-state index contributed by atoms with van der Waals surface area (Å²) < 4.78 is 8.94. The summed E-state index contributed by atoms with van der Waals surface area (Å²) in [5.41, 5.74) is 0. The van der Waals surface area contributed by atoms with Crippen LogP contribution >= 0.6 is 32.1 Å². The molecule has 2 nitrogen and oxygen atoms in total. The molecule has 1 rings (SSSR count). The minimum Gasteiger partial charge on any atom is -0.220 e. The van der Waals surface area contributed by atoms with Gasteiger partial charge in [-0.1, -0.05) is 18.2 Å². The van der Waals surface area contributed by atoms with Gasteiger partial charge in [0.15, 0.2) is 0 Å². The van der Waals surface area contributed by atoms with Gasteiger partial charge in [-0.05, 0) is 12.1 Å². The van der Waals surface area contributed by atoms with E-state index in [1.807, 2.05) is 30.3 Å². The van der Waals surface area contributed by atoms with Crippen molar-refractivity contribution in [2.24, 2.45) is 0 Å². The molecule has 1 aromatic carbocycles. The summed E-state index contributed by atoms with van der Waals surface area (Å²) in [6.07, 6.45) is 0. The minimum absolute atomic E-state index is 0.840. The third kappa shape index (κ3) is 2.58. The van der Waals surface area contributed by atoms with Crippen molar-refractivity contribution < 1.29 is 8.15 Å². The molecule has 0 aliphatic carbocycles. The third-order valence-corrected chi connectivity index (χ3v) is 2.81. The van der Waals surface area contributed by atoms with E-state index in [-0.39, 0.29) is 0 Å². The van der Waals surface area contributed by atoms with Gasteiger partial charge in [0.1, 0.15) is 0 Å². The Labute approximate surface area is 76.3 Å². The molecule has 0 aliphatic rings. The van der Waals surface area contributed by atoms with Gasteiger partial charge >= 0.3 is 0 Å². The van der Waals surface area contributed by atoms with E-state index in [2.05, 4.69) is 8.15 Å². The highest BCUT2D eigenvalue weighted by Crippen LogP contribution is 2.39. The molecule has 0 aliphatic heterocycles. The fraction of sp³-hybridized carbons (Fsp3) is 0. The van der Waals surface area contributed by atoms with Crippen molar-refractivity contribution in [3.8, 4) is 0 Å². The summed E-state index contributed by atoms with van der Waals surface area (Å²) in [5, 5.41) is 0.840. The van der Waals surface area contributed by atoms with Gasteiger partial charge in [-0.15, -0.1) is 0 Å². The fourth-order valence-corrected chi connectivity index (χ4v) is 1.97. The van der Waals surface area contributed by atoms with E-state index in [1.165, 1.54) is 0 Å². The minimum atomic E-state index is -1.32. The highest BCUT2D eigenvalue weighted by molar-refractivity contribution is 7.57. The number of halogens is 2.